The Morgan fingerprint density at radius 2 is 1.67 bits per heavy atom. The van der Waals surface area contributed by atoms with Crippen LogP contribution in [-0.4, -0.2) is 17.9 Å². The van der Waals surface area contributed by atoms with Crippen molar-refractivity contribution >= 4 is 23.2 Å². The summed E-state index contributed by atoms with van der Waals surface area (Å²) in [5.74, 6) is -1.01. The molecule has 0 fully saturated rings. The number of hydrogen-bond acceptors (Lipinski definition) is 2. The molecule has 0 aliphatic carbocycles. The van der Waals surface area contributed by atoms with Crippen LogP contribution in [0.15, 0.2) is 78.9 Å². The molecule has 4 nitrogen and oxygen atoms in total. The summed E-state index contributed by atoms with van der Waals surface area (Å²) in [7, 11) is 0. The fraction of sp³-hybridized carbons (Fsp3) is 0.0909. The number of carbonyl (C=O) groups is 2. The molecule has 3 aromatic carbocycles. The molecule has 1 atom stereocenters. The minimum Gasteiger partial charge on any atom is -0.324 e. The first kappa shape index (κ1) is 17.0. The van der Waals surface area contributed by atoms with Gasteiger partial charge in [0.1, 0.15) is 11.9 Å². The third-order valence-electron chi connectivity index (χ3n) is 4.61. The molecule has 0 spiro atoms. The van der Waals surface area contributed by atoms with Crippen LogP contribution < -0.4 is 10.2 Å². The van der Waals surface area contributed by atoms with E-state index in [-0.39, 0.29) is 11.8 Å². The van der Waals surface area contributed by atoms with Crippen molar-refractivity contribution in [3.8, 4) is 0 Å². The van der Waals surface area contributed by atoms with E-state index < -0.39 is 11.9 Å². The summed E-state index contributed by atoms with van der Waals surface area (Å²) >= 11 is 0. The maximum Gasteiger partial charge on any atom is 0.259 e. The Balaban J connectivity index is 1.66. The second-order valence-corrected chi connectivity index (χ2v) is 6.39. The molecule has 4 rings (SSSR count). The standard InChI is InChI=1S/C22H17FN2O2/c23-17-10-6-11-18(14-17)24-21(26)20-13-16-9-4-5-12-19(16)25(20)22(27)15-7-2-1-3-8-15/h1-12,14,20H,13H2,(H,24,26)/t20-/m1/s1. The quantitative estimate of drug-likeness (QED) is 0.766. The van der Waals surface area contributed by atoms with Crippen LogP contribution in [0.1, 0.15) is 15.9 Å². The van der Waals surface area contributed by atoms with Gasteiger partial charge in [0, 0.05) is 23.4 Å². The van der Waals surface area contributed by atoms with E-state index in [4.69, 9.17) is 0 Å². The summed E-state index contributed by atoms with van der Waals surface area (Å²) in [6.45, 7) is 0. The van der Waals surface area contributed by atoms with Crippen molar-refractivity contribution in [3.05, 3.63) is 95.8 Å². The van der Waals surface area contributed by atoms with E-state index in [0.717, 1.165) is 11.3 Å². The number of para-hydroxylation sites is 1. The zero-order valence-corrected chi connectivity index (χ0v) is 14.4. The van der Waals surface area contributed by atoms with Crippen molar-refractivity contribution in [1.82, 2.24) is 0 Å². The Morgan fingerprint density at radius 3 is 2.44 bits per heavy atom. The number of fused-ring (bicyclic) bond motifs is 1. The lowest BCUT2D eigenvalue weighted by Crippen LogP contribution is -2.45. The molecule has 0 bridgehead atoms. The summed E-state index contributed by atoms with van der Waals surface area (Å²) < 4.78 is 13.4. The topological polar surface area (TPSA) is 49.4 Å². The molecule has 0 saturated heterocycles. The highest BCUT2D eigenvalue weighted by Crippen LogP contribution is 2.34. The number of carbonyl (C=O) groups excluding carboxylic acids is 2. The molecular weight excluding hydrogens is 343 g/mol. The van der Waals surface area contributed by atoms with Crippen LogP contribution in [0.2, 0.25) is 0 Å². The van der Waals surface area contributed by atoms with Crippen molar-refractivity contribution < 1.29 is 14.0 Å². The Bertz CT molecular complexity index is 1000. The number of nitrogens with zero attached hydrogens (tertiary/aromatic N) is 1. The van der Waals surface area contributed by atoms with Crippen LogP contribution in [0.5, 0.6) is 0 Å². The van der Waals surface area contributed by atoms with Crippen LogP contribution in [-0.2, 0) is 11.2 Å². The molecule has 5 heteroatoms. The van der Waals surface area contributed by atoms with Crippen LogP contribution in [0.4, 0.5) is 15.8 Å². The van der Waals surface area contributed by atoms with Crippen LogP contribution in [0.3, 0.4) is 0 Å². The maximum absolute atomic E-state index is 13.4. The van der Waals surface area contributed by atoms with E-state index in [1.54, 1.807) is 30.3 Å². The molecule has 0 aromatic heterocycles. The maximum atomic E-state index is 13.4. The van der Waals surface area contributed by atoms with Crippen LogP contribution in [0, 0.1) is 5.82 Å². The first-order valence-corrected chi connectivity index (χ1v) is 8.66. The van der Waals surface area contributed by atoms with Crippen LogP contribution >= 0.6 is 0 Å². The number of amides is 2. The second kappa shape index (κ2) is 7.03. The fourth-order valence-electron chi connectivity index (χ4n) is 3.36. The van der Waals surface area contributed by atoms with Gasteiger partial charge in [-0.15, -0.1) is 0 Å². The van der Waals surface area contributed by atoms with Gasteiger partial charge < -0.3 is 5.32 Å². The Hall–Kier alpha value is -3.47. The predicted molar refractivity (Wildman–Crippen MR) is 102 cm³/mol. The van der Waals surface area contributed by atoms with Gasteiger partial charge in [-0.25, -0.2) is 4.39 Å². The molecule has 1 N–H and O–H groups in total. The normalized spacial score (nSPS) is 15.3. The lowest BCUT2D eigenvalue weighted by atomic mass is 10.1. The number of rotatable bonds is 3. The second-order valence-electron chi connectivity index (χ2n) is 6.39. The van der Waals surface area contributed by atoms with Crippen molar-refractivity contribution in [3.63, 3.8) is 0 Å². The van der Waals surface area contributed by atoms with E-state index >= 15 is 0 Å². The Morgan fingerprint density at radius 1 is 0.926 bits per heavy atom. The average Bonchev–Trinajstić information content (AvgIpc) is 3.08. The largest absolute Gasteiger partial charge is 0.324 e. The fourth-order valence-corrected chi connectivity index (χ4v) is 3.36. The minimum absolute atomic E-state index is 0.236. The van der Waals surface area contributed by atoms with Crippen LogP contribution in [0.25, 0.3) is 0 Å². The average molecular weight is 360 g/mol. The van der Waals surface area contributed by atoms with E-state index in [0.29, 0.717) is 17.7 Å². The van der Waals surface area contributed by atoms with Gasteiger partial charge in [0.05, 0.1) is 0 Å². The first-order valence-electron chi connectivity index (χ1n) is 8.66. The van der Waals surface area contributed by atoms with E-state index in [2.05, 4.69) is 5.32 Å². The van der Waals surface area contributed by atoms with Crippen molar-refractivity contribution in [1.29, 1.82) is 0 Å². The van der Waals surface area contributed by atoms with Crippen molar-refractivity contribution in [2.24, 2.45) is 0 Å². The number of hydrogen-bond donors (Lipinski definition) is 1. The van der Waals surface area contributed by atoms with Gasteiger partial charge in [-0.3, -0.25) is 14.5 Å². The molecule has 1 heterocycles. The van der Waals surface area contributed by atoms with Crippen molar-refractivity contribution in [2.45, 2.75) is 12.5 Å². The van der Waals surface area contributed by atoms with Gasteiger partial charge in [-0.1, -0.05) is 42.5 Å². The van der Waals surface area contributed by atoms with E-state index in [1.165, 1.54) is 23.1 Å². The molecule has 27 heavy (non-hydrogen) atoms. The lowest BCUT2D eigenvalue weighted by Gasteiger charge is -2.25. The third-order valence-corrected chi connectivity index (χ3v) is 4.61. The molecule has 0 saturated carbocycles. The highest BCUT2D eigenvalue weighted by atomic mass is 19.1. The number of benzene rings is 3. The summed E-state index contributed by atoms with van der Waals surface area (Å²) in [6.07, 6.45) is 0.413. The number of anilines is 2. The molecule has 3 aromatic rings. The molecular formula is C22H17FN2O2. The highest BCUT2D eigenvalue weighted by molar-refractivity contribution is 6.13. The SMILES string of the molecule is O=C(Nc1cccc(F)c1)[C@H]1Cc2ccccc2N1C(=O)c1ccccc1. The van der Waals surface area contributed by atoms with Gasteiger partial charge in [-0.05, 0) is 42.0 Å². The van der Waals surface area contributed by atoms with E-state index in [1.807, 2.05) is 30.3 Å². The zero-order valence-electron chi connectivity index (χ0n) is 14.4. The Labute approximate surface area is 156 Å². The van der Waals surface area contributed by atoms with Gasteiger partial charge in [0.15, 0.2) is 0 Å². The van der Waals surface area contributed by atoms with Gasteiger partial charge in [0.25, 0.3) is 5.91 Å². The summed E-state index contributed by atoms with van der Waals surface area (Å²) in [5, 5.41) is 2.72. The van der Waals surface area contributed by atoms with E-state index in [9.17, 15) is 14.0 Å². The van der Waals surface area contributed by atoms with Gasteiger partial charge >= 0.3 is 0 Å². The smallest absolute Gasteiger partial charge is 0.259 e. The third kappa shape index (κ3) is 3.31. The summed E-state index contributed by atoms with van der Waals surface area (Å²) in [6, 6.07) is 21.4. The zero-order chi connectivity index (χ0) is 18.8. The highest BCUT2D eigenvalue weighted by Gasteiger charge is 2.38. The summed E-state index contributed by atoms with van der Waals surface area (Å²) in [5.41, 5.74) is 2.53. The molecule has 1 aliphatic rings. The molecule has 1 aliphatic heterocycles. The molecule has 2 amide bonds. The summed E-state index contributed by atoms with van der Waals surface area (Å²) in [4.78, 5) is 27.6. The Kier molecular flexibility index (Phi) is 4.42. The lowest BCUT2D eigenvalue weighted by molar-refractivity contribution is -0.117. The monoisotopic (exact) mass is 360 g/mol. The minimum atomic E-state index is -0.696. The predicted octanol–water partition coefficient (Wildman–Crippen LogP) is 4.04. The van der Waals surface area contributed by atoms with Crippen molar-refractivity contribution in [2.75, 3.05) is 10.2 Å². The number of halogens is 1. The van der Waals surface area contributed by atoms with Gasteiger partial charge in [0.2, 0.25) is 5.91 Å². The van der Waals surface area contributed by atoms with Gasteiger partial charge in [-0.2, -0.15) is 0 Å². The molecule has 0 radical (unpaired) electrons. The number of nitrogens with one attached hydrogen (secondary N) is 1. The molecule has 0 unspecified atom stereocenters. The first-order chi connectivity index (χ1) is 13.1. The molecule has 134 valence electrons.